The van der Waals surface area contributed by atoms with Crippen LogP contribution in [0.5, 0.6) is 0 Å². The SMILES string of the molecule is COC(=O)C(I)CNS(=O)(=O)CC1CCCO1. The van der Waals surface area contributed by atoms with E-state index in [1.807, 2.05) is 22.6 Å². The van der Waals surface area contributed by atoms with Gasteiger partial charge in [0.15, 0.2) is 0 Å². The average molecular weight is 377 g/mol. The molecule has 0 radical (unpaired) electrons. The Hall–Kier alpha value is 0.0700. The third kappa shape index (κ3) is 5.49. The van der Waals surface area contributed by atoms with Gasteiger partial charge in [0.1, 0.15) is 3.92 Å². The van der Waals surface area contributed by atoms with E-state index in [1.165, 1.54) is 7.11 Å². The molecule has 1 saturated heterocycles. The zero-order valence-corrected chi connectivity index (χ0v) is 12.5. The van der Waals surface area contributed by atoms with Crippen molar-refractivity contribution < 1.29 is 22.7 Å². The van der Waals surface area contributed by atoms with Gasteiger partial charge in [0.25, 0.3) is 0 Å². The Bertz CT molecular complexity index is 352. The van der Waals surface area contributed by atoms with Gasteiger partial charge in [-0.05, 0) is 12.8 Å². The summed E-state index contributed by atoms with van der Waals surface area (Å²) in [5.74, 6) is -0.484. The lowest BCUT2D eigenvalue weighted by molar-refractivity contribution is -0.139. The third-order valence-electron chi connectivity index (χ3n) is 2.37. The van der Waals surface area contributed by atoms with Crippen molar-refractivity contribution in [2.75, 3.05) is 26.0 Å². The highest BCUT2D eigenvalue weighted by molar-refractivity contribution is 14.1. The Labute approximate surface area is 115 Å². The lowest BCUT2D eigenvalue weighted by Crippen LogP contribution is -2.37. The molecule has 6 nitrogen and oxygen atoms in total. The largest absolute Gasteiger partial charge is 0.468 e. The van der Waals surface area contributed by atoms with E-state index in [1.54, 1.807) is 0 Å². The number of hydrogen-bond acceptors (Lipinski definition) is 5. The normalized spacial score (nSPS) is 22.4. The number of hydrogen-bond donors (Lipinski definition) is 1. The van der Waals surface area contributed by atoms with E-state index in [9.17, 15) is 13.2 Å². The minimum atomic E-state index is -3.39. The van der Waals surface area contributed by atoms with Crippen molar-refractivity contribution in [1.29, 1.82) is 0 Å². The van der Waals surface area contributed by atoms with Crippen molar-refractivity contribution in [2.45, 2.75) is 22.9 Å². The summed E-state index contributed by atoms with van der Waals surface area (Å²) in [5, 5.41) is 0. The standard InChI is InChI=1S/C9H16INO5S/c1-15-9(12)8(10)5-11-17(13,14)6-7-3-2-4-16-7/h7-8,11H,2-6H2,1H3. The minimum absolute atomic E-state index is 0.0439. The summed E-state index contributed by atoms with van der Waals surface area (Å²) in [7, 11) is -2.12. The number of sulfonamides is 1. The number of nitrogens with one attached hydrogen (secondary N) is 1. The molecule has 1 aliphatic rings. The lowest BCUT2D eigenvalue weighted by atomic mass is 10.3. The zero-order chi connectivity index (χ0) is 12.9. The van der Waals surface area contributed by atoms with Gasteiger partial charge in [0.05, 0.1) is 19.0 Å². The van der Waals surface area contributed by atoms with Crippen molar-refractivity contribution >= 4 is 38.6 Å². The van der Waals surface area contributed by atoms with Crippen molar-refractivity contribution in [1.82, 2.24) is 4.72 Å². The maximum Gasteiger partial charge on any atom is 0.319 e. The van der Waals surface area contributed by atoms with E-state index in [2.05, 4.69) is 9.46 Å². The van der Waals surface area contributed by atoms with E-state index >= 15 is 0 Å². The molecule has 8 heteroatoms. The molecule has 100 valence electrons. The molecule has 1 aliphatic heterocycles. The number of rotatable bonds is 6. The molecule has 17 heavy (non-hydrogen) atoms. The van der Waals surface area contributed by atoms with Gasteiger partial charge in [-0.15, -0.1) is 0 Å². The monoisotopic (exact) mass is 377 g/mol. The van der Waals surface area contributed by atoms with Crippen LogP contribution in [0.1, 0.15) is 12.8 Å². The summed E-state index contributed by atoms with van der Waals surface area (Å²) in [5.41, 5.74) is 0. The fourth-order valence-corrected chi connectivity index (χ4v) is 3.55. The molecule has 2 unspecified atom stereocenters. The van der Waals surface area contributed by atoms with Gasteiger partial charge >= 0.3 is 5.97 Å². The minimum Gasteiger partial charge on any atom is -0.468 e. The first-order chi connectivity index (χ1) is 7.94. The Balaban J connectivity index is 2.36. The Morgan fingerprint density at radius 2 is 2.35 bits per heavy atom. The summed E-state index contributed by atoms with van der Waals surface area (Å²) in [6.07, 6.45) is 1.45. The van der Waals surface area contributed by atoms with Crippen molar-refractivity contribution in [2.24, 2.45) is 0 Å². The maximum absolute atomic E-state index is 11.7. The summed E-state index contributed by atoms with van der Waals surface area (Å²) >= 11 is 1.84. The van der Waals surface area contributed by atoms with Crippen LogP contribution in [0.3, 0.4) is 0 Å². The Morgan fingerprint density at radius 1 is 1.65 bits per heavy atom. The summed E-state index contributed by atoms with van der Waals surface area (Å²) in [4.78, 5) is 11.1. The van der Waals surface area contributed by atoms with E-state index in [0.717, 1.165) is 12.8 Å². The van der Waals surface area contributed by atoms with Gasteiger partial charge in [-0.3, -0.25) is 4.79 Å². The number of halogens is 1. The van der Waals surface area contributed by atoms with Crippen molar-refractivity contribution in [3.05, 3.63) is 0 Å². The number of carbonyl (C=O) groups is 1. The van der Waals surface area contributed by atoms with Crippen LogP contribution in [-0.4, -0.2) is 50.4 Å². The van der Waals surface area contributed by atoms with E-state index in [0.29, 0.717) is 6.61 Å². The van der Waals surface area contributed by atoms with Crippen molar-refractivity contribution in [3.8, 4) is 0 Å². The molecule has 2 atom stereocenters. The predicted molar refractivity (Wildman–Crippen MR) is 70.6 cm³/mol. The predicted octanol–water partition coefficient (Wildman–Crippen LogP) is 0.0614. The average Bonchev–Trinajstić information content (AvgIpc) is 2.76. The fourth-order valence-electron chi connectivity index (χ4n) is 1.49. The molecule has 1 N–H and O–H groups in total. The van der Waals surface area contributed by atoms with E-state index < -0.39 is 19.9 Å². The molecule has 0 saturated carbocycles. The Kier molecular flexibility index (Phi) is 6.10. The molecule has 1 rings (SSSR count). The number of ether oxygens (including phenoxy) is 2. The van der Waals surface area contributed by atoms with Crippen LogP contribution in [0.4, 0.5) is 0 Å². The molecule has 1 heterocycles. The van der Waals surface area contributed by atoms with Crippen molar-refractivity contribution in [3.63, 3.8) is 0 Å². The van der Waals surface area contributed by atoms with Crippen LogP contribution in [0, 0.1) is 0 Å². The summed E-state index contributed by atoms with van der Waals surface area (Å²) < 4.78 is 34.9. The molecule has 0 aromatic rings. The zero-order valence-electron chi connectivity index (χ0n) is 9.52. The fraction of sp³-hybridized carbons (Fsp3) is 0.889. The number of alkyl halides is 1. The molecule has 1 fully saturated rings. The quantitative estimate of drug-likeness (QED) is 0.402. The molecular weight excluding hydrogens is 361 g/mol. The second-order valence-electron chi connectivity index (χ2n) is 3.76. The van der Waals surface area contributed by atoms with Gasteiger partial charge in [0, 0.05) is 13.2 Å². The molecule has 0 aliphatic carbocycles. The van der Waals surface area contributed by atoms with Crippen LogP contribution in [-0.2, 0) is 24.3 Å². The number of esters is 1. The van der Waals surface area contributed by atoms with Crippen LogP contribution < -0.4 is 4.72 Å². The van der Waals surface area contributed by atoms with Gasteiger partial charge in [-0.1, -0.05) is 22.6 Å². The van der Waals surface area contributed by atoms with Gasteiger partial charge in [-0.2, -0.15) is 0 Å². The second-order valence-corrected chi connectivity index (χ2v) is 7.11. The van der Waals surface area contributed by atoms with E-state index in [-0.39, 0.29) is 18.4 Å². The highest BCUT2D eigenvalue weighted by Crippen LogP contribution is 2.13. The van der Waals surface area contributed by atoms with Crippen LogP contribution >= 0.6 is 22.6 Å². The molecule has 0 aromatic carbocycles. The smallest absolute Gasteiger partial charge is 0.319 e. The second kappa shape index (κ2) is 6.86. The lowest BCUT2D eigenvalue weighted by Gasteiger charge is -2.12. The van der Waals surface area contributed by atoms with Gasteiger partial charge < -0.3 is 9.47 Å². The van der Waals surface area contributed by atoms with Crippen LogP contribution in [0.25, 0.3) is 0 Å². The van der Waals surface area contributed by atoms with Gasteiger partial charge in [-0.25, -0.2) is 13.1 Å². The Morgan fingerprint density at radius 3 is 2.88 bits per heavy atom. The highest BCUT2D eigenvalue weighted by Gasteiger charge is 2.24. The summed E-state index contributed by atoms with van der Waals surface area (Å²) in [6.45, 7) is 0.666. The van der Waals surface area contributed by atoms with Crippen LogP contribution in [0.15, 0.2) is 0 Å². The van der Waals surface area contributed by atoms with Crippen LogP contribution in [0.2, 0.25) is 0 Å². The molecule has 0 bridgehead atoms. The first kappa shape index (κ1) is 15.1. The molecule has 0 amide bonds. The molecule has 0 aromatic heterocycles. The topological polar surface area (TPSA) is 81.7 Å². The third-order valence-corrected chi connectivity index (χ3v) is 4.73. The van der Waals surface area contributed by atoms with E-state index in [4.69, 9.17) is 4.74 Å². The molecule has 0 spiro atoms. The molecular formula is C9H16INO5S. The number of methoxy groups -OCH3 is 1. The first-order valence-electron chi connectivity index (χ1n) is 5.25. The number of carbonyl (C=O) groups excluding carboxylic acids is 1. The van der Waals surface area contributed by atoms with Gasteiger partial charge in [0.2, 0.25) is 10.0 Å². The summed E-state index contributed by atoms with van der Waals surface area (Å²) in [6, 6.07) is 0. The first-order valence-corrected chi connectivity index (χ1v) is 8.15. The highest BCUT2D eigenvalue weighted by atomic mass is 127. The maximum atomic E-state index is 11.7.